The Balaban J connectivity index is 1.38. The fraction of sp³-hybridized carbons (Fsp3) is 0.0476. The van der Waals surface area contributed by atoms with Crippen molar-refractivity contribution < 1.29 is 31.9 Å². The second-order valence-corrected chi connectivity index (χ2v) is 6.25. The van der Waals surface area contributed by atoms with Gasteiger partial charge in [0, 0.05) is 17.3 Å². The summed E-state index contributed by atoms with van der Waals surface area (Å²) in [4.78, 5) is 16.2. The normalized spacial score (nSPS) is 11.1. The Bertz CT molecular complexity index is 1190. The van der Waals surface area contributed by atoms with Gasteiger partial charge in [0.05, 0.1) is 6.20 Å². The molecule has 0 unspecified atom stereocenters. The van der Waals surface area contributed by atoms with Gasteiger partial charge in [0.1, 0.15) is 17.2 Å². The third-order valence-electron chi connectivity index (χ3n) is 3.97. The first-order chi connectivity index (χ1) is 15.4. The number of amides is 1. The van der Waals surface area contributed by atoms with Gasteiger partial charge in [-0.2, -0.15) is 0 Å². The van der Waals surface area contributed by atoms with Gasteiger partial charge in [-0.1, -0.05) is 5.10 Å². The molecular formula is C21H13F3N4O4. The average molecular weight is 442 g/mol. The Hall–Kier alpha value is -4.41. The number of rotatable bonds is 6. The summed E-state index contributed by atoms with van der Waals surface area (Å²) in [6, 6.07) is 14.6. The molecule has 4 aromatic rings. The first-order valence-corrected chi connectivity index (χ1v) is 9.05. The van der Waals surface area contributed by atoms with Crippen molar-refractivity contribution in [3.05, 3.63) is 78.6 Å². The minimum Gasteiger partial charge on any atom is -0.456 e. The molecule has 1 amide bonds. The highest BCUT2D eigenvalue weighted by atomic mass is 19.4. The Morgan fingerprint density at radius 2 is 1.62 bits per heavy atom. The van der Waals surface area contributed by atoms with Gasteiger partial charge in [-0.05, 0) is 60.7 Å². The molecule has 0 saturated heterocycles. The summed E-state index contributed by atoms with van der Waals surface area (Å²) >= 11 is 0. The number of anilines is 1. The molecule has 0 spiro atoms. The van der Waals surface area contributed by atoms with Crippen molar-refractivity contribution >= 4 is 11.9 Å². The van der Waals surface area contributed by atoms with Gasteiger partial charge in [-0.3, -0.25) is 15.1 Å². The van der Waals surface area contributed by atoms with Gasteiger partial charge in [0.25, 0.3) is 5.91 Å². The van der Waals surface area contributed by atoms with Crippen LogP contribution in [0, 0.1) is 0 Å². The first-order valence-electron chi connectivity index (χ1n) is 9.05. The number of aromatic nitrogens is 3. The van der Waals surface area contributed by atoms with Crippen molar-refractivity contribution in [2.75, 3.05) is 5.32 Å². The number of alkyl halides is 3. The number of nitrogens with one attached hydrogen (secondary N) is 1. The number of carbonyl (C=O) groups excluding carboxylic acids is 1. The lowest BCUT2D eigenvalue weighted by molar-refractivity contribution is -0.274. The number of pyridine rings is 1. The highest BCUT2D eigenvalue weighted by Gasteiger charge is 2.31. The molecule has 2 aromatic carbocycles. The summed E-state index contributed by atoms with van der Waals surface area (Å²) in [7, 11) is 0. The molecule has 2 heterocycles. The molecule has 0 aliphatic heterocycles. The molecule has 1 N–H and O–H groups in total. The number of hydrogen-bond acceptors (Lipinski definition) is 7. The molecule has 0 bridgehead atoms. The molecule has 0 aliphatic rings. The smallest absolute Gasteiger partial charge is 0.456 e. The van der Waals surface area contributed by atoms with Gasteiger partial charge in [0.2, 0.25) is 5.89 Å². The van der Waals surface area contributed by atoms with Crippen molar-refractivity contribution in [3.8, 4) is 28.7 Å². The summed E-state index contributed by atoms with van der Waals surface area (Å²) in [5, 5.41) is 10.0. The summed E-state index contributed by atoms with van der Waals surface area (Å²) in [5.41, 5.74) is 0.668. The molecule has 0 fully saturated rings. The molecule has 2 aromatic heterocycles. The standard InChI is InChI=1S/C21H13F3N4O4/c22-21(23,24)32-16-9-3-13(4-10-16)18(29)26-20-28-27-19(31-20)14-5-7-15(8-6-14)30-17-2-1-11-25-12-17/h1-12H,(H,26,28,29). The lowest BCUT2D eigenvalue weighted by Crippen LogP contribution is -2.17. The molecule has 0 aliphatic carbocycles. The highest BCUT2D eigenvalue weighted by molar-refractivity contribution is 6.03. The number of nitrogens with zero attached hydrogens (tertiary/aromatic N) is 3. The van der Waals surface area contributed by atoms with Crippen LogP contribution in [-0.4, -0.2) is 27.5 Å². The molecule has 11 heteroatoms. The van der Waals surface area contributed by atoms with Crippen molar-refractivity contribution in [1.82, 2.24) is 15.2 Å². The summed E-state index contributed by atoms with van der Waals surface area (Å²) in [5.74, 6) is 0.236. The SMILES string of the molecule is O=C(Nc1nnc(-c2ccc(Oc3cccnc3)cc2)o1)c1ccc(OC(F)(F)F)cc1. The summed E-state index contributed by atoms with van der Waals surface area (Å²) in [6.07, 6.45) is -1.59. The average Bonchev–Trinajstić information content (AvgIpc) is 3.23. The number of hydrogen-bond donors (Lipinski definition) is 1. The van der Waals surface area contributed by atoms with E-state index in [4.69, 9.17) is 9.15 Å². The predicted molar refractivity (Wildman–Crippen MR) is 105 cm³/mol. The molecular weight excluding hydrogens is 429 g/mol. The zero-order valence-electron chi connectivity index (χ0n) is 16.0. The maximum atomic E-state index is 12.3. The summed E-state index contributed by atoms with van der Waals surface area (Å²) in [6.45, 7) is 0. The zero-order chi connectivity index (χ0) is 22.6. The minimum atomic E-state index is -4.81. The fourth-order valence-electron chi connectivity index (χ4n) is 2.58. The number of ether oxygens (including phenoxy) is 2. The van der Waals surface area contributed by atoms with Gasteiger partial charge in [-0.25, -0.2) is 0 Å². The monoisotopic (exact) mass is 442 g/mol. The lowest BCUT2D eigenvalue weighted by atomic mass is 10.2. The number of benzene rings is 2. The van der Waals surface area contributed by atoms with Crippen molar-refractivity contribution in [2.45, 2.75) is 6.36 Å². The molecule has 162 valence electrons. The highest BCUT2D eigenvalue weighted by Crippen LogP contribution is 2.26. The van der Waals surface area contributed by atoms with Gasteiger partial charge in [0.15, 0.2) is 0 Å². The molecule has 0 saturated carbocycles. The molecule has 0 atom stereocenters. The number of halogens is 3. The van der Waals surface area contributed by atoms with E-state index in [2.05, 4.69) is 25.2 Å². The van der Waals surface area contributed by atoms with Gasteiger partial charge >= 0.3 is 12.4 Å². The van der Waals surface area contributed by atoms with E-state index in [-0.39, 0.29) is 17.5 Å². The van der Waals surface area contributed by atoms with Crippen molar-refractivity contribution in [1.29, 1.82) is 0 Å². The third-order valence-corrected chi connectivity index (χ3v) is 3.97. The molecule has 32 heavy (non-hydrogen) atoms. The summed E-state index contributed by atoms with van der Waals surface area (Å²) < 4.78 is 51.5. The van der Waals surface area contributed by atoms with Crippen LogP contribution in [0.4, 0.5) is 19.2 Å². The largest absolute Gasteiger partial charge is 0.573 e. The van der Waals surface area contributed by atoms with Gasteiger partial charge < -0.3 is 13.9 Å². The van der Waals surface area contributed by atoms with Crippen LogP contribution in [0.1, 0.15) is 10.4 Å². The zero-order valence-corrected chi connectivity index (χ0v) is 16.0. The van der Waals surface area contributed by atoms with Crippen LogP contribution < -0.4 is 14.8 Å². The predicted octanol–water partition coefficient (Wildman–Crippen LogP) is 5.07. The topological polar surface area (TPSA) is 99.4 Å². The van der Waals surface area contributed by atoms with Gasteiger partial charge in [-0.15, -0.1) is 18.3 Å². The minimum absolute atomic E-state index is 0.0798. The van der Waals surface area contributed by atoms with E-state index in [1.54, 1.807) is 48.8 Å². The Morgan fingerprint density at radius 3 is 2.28 bits per heavy atom. The second-order valence-electron chi connectivity index (χ2n) is 6.25. The van der Waals surface area contributed by atoms with Crippen LogP contribution in [-0.2, 0) is 0 Å². The van der Waals surface area contributed by atoms with Crippen LogP contribution >= 0.6 is 0 Å². The maximum absolute atomic E-state index is 12.3. The van der Waals surface area contributed by atoms with Crippen LogP contribution in [0.15, 0.2) is 77.5 Å². The second kappa shape index (κ2) is 8.76. The Kier molecular flexibility index (Phi) is 5.71. The first kappa shape index (κ1) is 20.8. The number of carbonyl (C=O) groups is 1. The molecule has 4 rings (SSSR count). The van der Waals surface area contributed by atoms with E-state index >= 15 is 0 Å². The fourth-order valence-corrected chi connectivity index (χ4v) is 2.58. The van der Waals surface area contributed by atoms with Crippen LogP contribution in [0.25, 0.3) is 11.5 Å². The van der Waals surface area contributed by atoms with E-state index in [0.29, 0.717) is 17.1 Å². The van der Waals surface area contributed by atoms with E-state index < -0.39 is 18.0 Å². The van der Waals surface area contributed by atoms with Crippen molar-refractivity contribution in [2.24, 2.45) is 0 Å². The molecule has 8 nitrogen and oxygen atoms in total. The van der Waals surface area contributed by atoms with Crippen LogP contribution in [0.2, 0.25) is 0 Å². The van der Waals surface area contributed by atoms with Crippen LogP contribution in [0.3, 0.4) is 0 Å². The quantitative estimate of drug-likeness (QED) is 0.445. The molecule has 0 radical (unpaired) electrons. The Labute approximate surface area is 178 Å². The van der Waals surface area contributed by atoms with Crippen molar-refractivity contribution in [3.63, 3.8) is 0 Å². The maximum Gasteiger partial charge on any atom is 0.573 e. The third kappa shape index (κ3) is 5.39. The van der Waals surface area contributed by atoms with E-state index in [9.17, 15) is 18.0 Å². The lowest BCUT2D eigenvalue weighted by Gasteiger charge is -2.08. The van der Waals surface area contributed by atoms with E-state index in [1.807, 2.05) is 0 Å². The Morgan fingerprint density at radius 1 is 0.906 bits per heavy atom. The van der Waals surface area contributed by atoms with E-state index in [0.717, 1.165) is 12.1 Å². The van der Waals surface area contributed by atoms with E-state index in [1.165, 1.54) is 12.1 Å². The van der Waals surface area contributed by atoms with Crippen LogP contribution in [0.5, 0.6) is 17.2 Å².